The fraction of sp³-hybridized carbons (Fsp3) is 0.273. The van der Waals surface area contributed by atoms with Crippen molar-refractivity contribution in [3.8, 4) is 6.07 Å². The highest BCUT2D eigenvalue weighted by Gasteiger charge is 2.21. The van der Waals surface area contributed by atoms with E-state index in [1.54, 1.807) is 20.2 Å². The Bertz CT molecular complexity index is 484. The Morgan fingerprint density at radius 1 is 1.71 bits per heavy atom. The number of hydrogen-bond acceptors (Lipinski definition) is 5. The molecule has 1 aromatic heterocycles. The van der Waals surface area contributed by atoms with Gasteiger partial charge in [0.15, 0.2) is 0 Å². The third-order valence-electron chi connectivity index (χ3n) is 2.06. The summed E-state index contributed by atoms with van der Waals surface area (Å²) in [4.78, 5) is 13.6. The van der Waals surface area contributed by atoms with Gasteiger partial charge in [-0.2, -0.15) is 5.26 Å². The Morgan fingerprint density at radius 2 is 2.35 bits per heavy atom. The molecule has 17 heavy (non-hydrogen) atoms. The lowest BCUT2D eigenvalue weighted by molar-refractivity contribution is 0.0833. The smallest absolute Gasteiger partial charge is 0.265 e. The highest BCUT2D eigenvalue weighted by molar-refractivity contribution is 7.18. The molecule has 0 aliphatic rings. The maximum absolute atomic E-state index is 11.8. The lowest BCUT2D eigenvalue weighted by atomic mass is 10.2. The number of carbonyl (C=O) groups excluding carboxylic acids is 1. The Balaban J connectivity index is 3.18. The van der Waals surface area contributed by atoms with Crippen LogP contribution in [0.3, 0.4) is 0 Å². The SMILES string of the molecule is C=CCNc1sc(C(=O)N(C)C)c(N)c1C#N. The van der Waals surface area contributed by atoms with Gasteiger partial charge < -0.3 is 16.0 Å². The molecule has 0 atom stereocenters. The zero-order valence-electron chi connectivity index (χ0n) is 9.78. The van der Waals surface area contributed by atoms with Gasteiger partial charge in [0.1, 0.15) is 21.5 Å². The third-order valence-corrected chi connectivity index (χ3v) is 3.22. The Kier molecular flexibility index (Phi) is 4.12. The zero-order chi connectivity index (χ0) is 13.0. The predicted octanol–water partition coefficient (Wildman–Crippen LogP) is 1.50. The number of amides is 1. The summed E-state index contributed by atoms with van der Waals surface area (Å²) in [6, 6.07) is 2.00. The van der Waals surface area contributed by atoms with Crippen LogP contribution >= 0.6 is 11.3 Å². The number of nitrogen functional groups attached to an aromatic ring is 1. The van der Waals surface area contributed by atoms with Crippen molar-refractivity contribution in [3.63, 3.8) is 0 Å². The monoisotopic (exact) mass is 250 g/mol. The maximum atomic E-state index is 11.8. The number of carbonyl (C=O) groups is 1. The molecule has 5 nitrogen and oxygen atoms in total. The van der Waals surface area contributed by atoms with Gasteiger partial charge in [-0.15, -0.1) is 17.9 Å². The molecule has 0 spiro atoms. The van der Waals surface area contributed by atoms with Crippen LogP contribution in [0.4, 0.5) is 10.7 Å². The van der Waals surface area contributed by atoms with E-state index in [9.17, 15) is 4.79 Å². The maximum Gasteiger partial charge on any atom is 0.265 e. The predicted molar refractivity (Wildman–Crippen MR) is 70.2 cm³/mol. The van der Waals surface area contributed by atoms with Gasteiger partial charge in [0.25, 0.3) is 5.91 Å². The van der Waals surface area contributed by atoms with Crippen LogP contribution in [-0.4, -0.2) is 31.4 Å². The third kappa shape index (κ3) is 2.57. The Labute approximate surface area is 104 Å². The second kappa shape index (κ2) is 5.37. The van der Waals surface area contributed by atoms with E-state index >= 15 is 0 Å². The first-order chi connectivity index (χ1) is 8.02. The second-order valence-electron chi connectivity index (χ2n) is 3.53. The Morgan fingerprint density at radius 3 is 2.82 bits per heavy atom. The Hall–Kier alpha value is -2.00. The highest BCUT2D eigenvalue weighted by Crippen LogP contribution is 2.35. The molecule has 0 fully saturated rings. The van der Waals surface area contributed by atoms with Crippen LogP contribution in [0.1, 0.15) is 15.2 Å². The molecule has 0 aliphatic heterocycles. The average Bonchev–Trinajstić information content (AvgIpc) is 2.61. The summed E-state index contributed by atoms with van der Waals surface area (Å²) in [6.07, 6.45) is 1.67. The van der Waals surface area contributed by atoms with Crippen LogP contribution in [-0.2, 0) is 0 Å². The summed E-state index contributed by atoms with van der Waals surface area (Å²) < 4.78 is 0. The normalized spacial score (nSPS) is 9.47. The van der Waals surface area contributed by atoms with Gasteiger partial charge in [-0.05, 0) is 0 Å². The van der Waals surface area contributed by atoms with Gasteiger partial charge in [0.05, 0.1) is 5.69 Å². The quantitative estimate of drug-likeness (QED) is 0.793. The minimum atomic E-state index is -0.198. The van der Waals surface area contributed by atoms with Crippen molar-refractivity contribution in [3.05, 3.63) is 23.1 Å². The first-order valence-corrected chi connectivity index (χ1v) is 5.73. The van der Waals surface area contributed by atoms with Crippen LogP contribution in [0.5, 0.6) is 0 Å². The minimum Gasteiger partial charge on any atom is -0.396 e. The van der Waals surface area contributed by atoms with E-state index in [-0.39, 0.29) is 11.6 Å². The molecule has 0 radical (unpaired) electrons. The molecule has 6 heteroatoms. The molecule has 0 bridgehead atoms. The average molecular weight is 250 g/mol. The van der Waals surface area contributed by atoms with E-state index in [4.69, 9.17) is 11.0 Å². The standard InChI is InChI=1S/C11H14N4OS/c1-4-5-14-10-7(6-12)8(13)9(17-10)11(16)15(2)3/h4,14H,1,5,13H2,2-3H3. The van der Waals surface area contributed by atoms with Gasteiger partial charge in [-0.3, -0.25) is 4.79 Å². The van der Waals surface area contributed by atoms with E-state index in [1.165, 1.54) is 16.2 Å². The molecule has 0 unspecified atom stereocenters. The summed E-state index contributed by atoms with van der Waals surface area (Å²) in [7, 11) is 3.29. The number of nitriles is 1. The lowest BCUT2D eigenvalue weighted by Crippen LogP contribution is -2.21. The van der Waals surface area contributed by atoms with Crippen molar-refractivity contribution in [1.29, 1.82) is 5.26 Å². The molecule has 0 aliphatic carbocycles. The van der Waals surface area contributed by atoms with Crippen LogP contribution in [0.25, 0.3) is 0 Å². The molecule has 3 N–H and O–H groups in total. The largest absolute Gasteiger partial charge is 0.396 e. The molecule has 1 aromatic rings. The number of nitrogens with two attached hydrogens (primary N) is 1. The van der Waals surface area contributed by atoms with Crippen molar-refractivity contribution >= 4 is 27.9 Å². The van der Waals surface area contributed by atoms with E-state index in [1.807, 2.05) is 6.07 Å². The molecule has 0 saturated heterocycles. The topological polar surface area (TPSA) is 82.2 Å². The zero-order valence-corrected chi connectivity index (χ0v) is 10.6. The van der Waals surface area contributed by atoms with Crippen molar-refractivity contribution in [2.45, 2.75) is 0 Å². The fourth-order valence-electron chi connectivity index (χ4n) is 1.21. The number of nitrogens with zero attached hydrogens (tertiary/aromatic N) is 2. The second-order valence-corrected chi connectivity index (χ2v) is 4.55. The van der Waals surface area contributed by atoms with Crippen molar-refractivity contribution in [2.24, 2.45) is 0 Å². The molecule has 90 valence electrons. The van der Waals surface area contributed by atoms with E-state index in [0.29, 0.717) is 22.0 Å². The summed E-state index contributed by atoms with van der Waals surface area (Å²) >= 11 is 1.19. The number of hydrogen-bond donors (Lipinski definition) is 2. The molecule has 0 saturated carbocycles. The molecule has 1 heterocycles. The number of anilines is 2. The van der Waals surface area contributed by atoms with Gasteiger partial charge in [0, 0.05) is 20.6 Å². The molecular weight excluding hydrogens is 236 g/mol. The van der Waals surface area contributed by atoms with Crippen LogP contribution in [0.2, 0.25) is 0 Å². The van der Waals surface area contributed by atoms with E-state index in [2.05, 4.69) is 11.9 Å². The summed E-state index contributed by atoms with van der Waals surface area (Å²) in [5.41, 5.74) is 6.36. The van der Waals surface area contributed by atoms with Gasteiger partial charge in [-0.25, -0.2) is 0 Å². The molecule has 1 rings (SSSR count). The number of rotatable bonds is 4. The molecule has 1 amide bonds. The van der Waals surface area contributed by atoms with Crippen LogP contribution in [0, 0.1) is 11.3 Å². The van der Waals surface area contributed by atoms with Crippen LogP contribution in [0.15, 0.2) is 12.7 Å². The lowest BCUT2D eigenvalue weighted by Gasteiger charge is -2.08. The summed E-state index contributed by atoms with van der Waals surface area (Å²) in [5, 5.41) is 12.6. The first kappa shape index (κ1) is 13.1. The van der Waals surface area contributed by atoms with E-state index < -0.39 is 0 Å². The van der Waals surface area contributed by atoms with E-state index in [0.717, 1.165) is 0 Å². The van der Waals surface area contributed by atoms with Crippen molar-refractivity contribution in [2.75, 3.05) is 31.7 Å². The number of thiophene rings is 1. The molecular formula is C11H14N4OS. The highest BCUT2D eigenvalue weighted by atomic mass is 32.1. The van der Waals surface area contributed by atoms with Gasteiger partial charge in [0.2, 0.25) is 0 Å². The summed E-state index contributed by atoms with van der Waals surface area (Å²) in [6.45, 7) is 4.09. The fourth-order valence-corrected chi connectivity index (χ4v) is 2.31. The van der Waals surface area contributed by atoms with Gasteiger partial charge in [-0.1, -0.05) is 6.08 Å². The number of nitrogens with one attached hydrogen (secondary N) is 1. The van der Waals surface area contributed by atoms with Crippen molar-refractivity contribution in [1.82, 2.24) is 4.90 Å². The minimum absolute atomic E-state index is 0.198. The van der Waals surface area contributed by atoms with Crippen molar-refractivity contribution < 1.29 is 4.79 Å². The first-order valence-electron chi connectivity index (χ1n) is 4.91. The van der Waals surface area contributed by atoms with Gasteiger partial charge >= 0.3 is 0 Å². The summed E-state index contributed by atoms with van der Waals surface area (Å²) in [5.74, 6) is -0.198. The van der Waals surface area contributed by atoms with Crippen LogP contribution < -0.4 is 11.1 Å². The molecule has 0 aromatic carbocycles.